The van der Waals surface area contributed by atoms with Gasteiger partial charge < -0.3 is 4.74 Å². The SMILES string of the molecule is C[C@H](OC(=O)[C@@H](Cc1ccccc1)N1C(=O)[C@@H]2[C@@H]3C=C[C@H]([C@H]4C[C@H]34)[C@@H]2C1=O)C(=O)c1ccccc1. The van der Waals surface area contributed by atoms with E-state index in [1.165, 1.54) is 11.8 Å². The smallest absolute Gasteiger partial charge is 0.330 e. The van der Waals surface area contributed by atoms with Crippen molar-refractivity contribution < 1.29 is 23.9 Å². The molecule has 6 nitrogen and oxygen atoms in total. The molecular formula is C29H27NO5. The normalized spacial score (nSPS) is 31.5. The molecule has 35 heavy (non-hydrogen) atoms. The lowest BCUT2D eigenvalue weighted by molar-refractivity contribution is -0.160. The van der Waals surface area contributed by atoms with Crippen LogP contribution < -0.4 is 0 Å². The minimum Gasteiger partial charge on any atom is -0.453 e. The van der Waals surface area contributed by atoms with E-state index >= 15 is 0 Å². The van der Waals surface area contributed by atoms with E-state index in [0.717, 1.165) is 12.0 Å². The van der Waals surface area contributed by atoms with Gasteiger partial charge in [-0.3, -0.25) is 19.3 Å². The Bertz CT molecular complexity index is 1190. The predicted octanol–water partition coefficient (Wildman–Crippen LogP) is 3.47. The first kappa shape index (κ1) is 22.0. The summed E-state index contributed by atoms with van der Waals surface area (Å²) in [6.45, 7) is 1.53. The van der Waals surface area contributed by atoms with Crippen LogP contribution in [-0.4, -0.2) is 40.6 Å². The van der Waals surface area contributed by atoms with Crippen LogP contribution in [0, 0.1) is 35.5 Å². The van der Waals surface area contributed by atoms with Crippen LogP contribution in [0.3, 0.4) is 0 Å². The molecule has 7 rings (SSSR count). The Morgan fingerprint density at radius 1 is 0.886 bits per heavy atom. The minimum absolute atomic E-state index is 0.0726. The molecule has 4 aliphatic carbocycles. The number of carbonyl (C=O) groups is 4. The monoisotopic (exact) mass is 469 g/mol. The van der Waals surface area contributed by atoms with Gasteiger partial charge in [0, 0.05) is 12.0 Å². The van der Waals surface area contributed by atoms with Crippen molar-refractivity contribution in [3.63, 3.8) is 0 Å². The standard InChI is InChI=1S/C29H27NO5/c1-16(26(31)18-10-6-3-7-11-18)35-29(34)23(14-17-8-4-2-5-9-17)30-27(32)24-19-12-13-20(22-15-21(19)22)25(24)28(30)33/h2-13,16,19-25H,14-15H2,1H3/t16-,19+,20+,21+,22+,23+,24-,25+/m0/s1. The lowest BCUT2D eigenvalue weighted by atomic mass is 9.63. The molecule has 1 heterocycles. The fourth-order valence-corrected chi connectivity index (χ4v) is 6.55. The average Bonchev–Trinajstić information content (AvgIpc) is 3.67. The summed E-state index contributed by atoms with van der Waals surface area (Å²) < 4.78 is 5.61. The number of carbonyl (C=O) groups excluding carboxylic acids is 4. The second kappa shape index (κ2) is 8.29. The van der Waals surface area contributed by atoms with Crippen LogP contribution in [0.2, 0.25) is 0 Å². The number of esters is 1. The number of ketones is 1. The van der Waals surface area contributed by atoms with Gasteiger partial charge in [-0.25, -0.2) is 4.79 Å². The molecule has 8 atom stereocenters. The van der Waals surface area contributed by atoms with E-state index in [-0.39, 0.29) is 35.9 Å². The maximum atomic E-state index is 13.7. The van der Waals surface area contributed by atoms with Crippen LogP contribution in [0.5, 0.6) is 0 Å². The number of Topliss-reactive ketones (excluding diaryl/α,β-unsaturated/α-hetero) is 1. The number of rotatable bonds is 7. The summed E-state index contributed by atoms with van der Waals surface area (Å²) in [6.07, 6.45) is 4.41. The van der Waals surface area contributed by atoms with Crippen LogP contribution in [0.1, 0.15) is 29.3 Å². The fourth-order valence-electron chi connectivity index (χ4n) is 6.55. The third-order valence-corrected chi connectivity index (χ3v) is 8.27. The number of allylic oxidation sites excluding steroid dienone is 2. The fraction of sp³-hybridized carbons (Fsp3) is 0.379. The first-order valence-electron chi connectivity index (χ1n) is 12.3. The first-order valence-corrected chi connectivity index (χ1v) is 12.3. The highest BCUT2D eigenvalue weighted by Gasteiger charge is 2.68. The summed E-state index contributed by atoms with van der Waals surface area (Å²) in [6, 6.07) is 16.8. The molecule has 0 unspecified atom stereocenters. The number of amides is 2. The van der Waals surface area contributed by atoms with Crippen LogP contribution in [0.15, 0.2) is 72.8 Å². The molecule has 6 heteroatoms. The number of imide groups is 1. The first-order chi connectivity index (χ1) is 17.0. The van der Waals surface area contributed by atoms with Crippen LogP contribution in [-0.2, 0) is 25.5 Å². The van der Waals surface area contributed by atoms with E-state index in [1.807, 2.05) is 30.3 Å². The van der Waals surface area contributed by atoms with Crippen molar-refractivity contribution in [1.29, 1.82) is 0 Å². The molecule has 178 valence electrons. The topological polar surface area (TPSA) is 80.8 Å². The summed E-state index contributed by atoms with van der Waals surface area (Å²) in [7, 11) is 0. The molecule has 0 radical (unpaired) electrons. The second-order valence-corrected chi connectivity index (χ2v) is 10.2. The van der Waals surface area contributed by atoms with E-state index in [2.05, 4.69) is 12.2 Å². The number of hydrogen-bond acceptors (Lipinski definition) is 5. The van der Waals surface area contributed by atoms with Crippen molar-refractivity contribution in [2.45, 2.75) is 31.9 Å². The molecule has 5 aliphatic rings. The lowest BCUT2D eigenvalue weighted by Gasteiger charge is -2.37. The van der Waals surface area contributed by atoms with Gasteiger partial charge in [0.2, 0.25) is 17.6 Å². The van der Waals surface area contributed by atoms with E-state index in [4.69, 9.17) is 4.74 Å². The molecular weight excluding hydrogens is 442 g/mol. The molecule has 1 saturated heterocycles. The van der Waals surface area contributed by atoms with Gasteiger partial charge in [-0.15, -0.1) is 0 Å². The molecule has 0 aromatic heterocycles. The molecule has 0 spiro atoms. The van der Waals surface area contributed by atoms with Gasteiger partial charge in [0.25, 0.3) is 0 Å². The molecule has 3 fully saturated rings. The highest BCUT2D eigenvalue weighted by Crippen LogP contribution is 2.65. The summed E-state index contributed by atoms with van der Waals surface area (Å²) in [5.41, 5.74) is 1.25. The number of hydrogen-bond donors (Lipinski definition) is 0. The van der Waals surface area contributed by atoms with E-state index in [9.17, 15) is 19.2 Å². The summed E-state index contributed by atoms with van der Waals surface area (Å²) in [5.74, 6) is -1.28. The van der Waals surface area contributed by atoms with Crippen molar-refractivity contribution in [2.24, 2.45) is 35.5 Å². The molecule has 2 saturated carbocycles. The van der Waals surface area contributed by atoms with Gasteiger partial charge in [0.1, 0.15) is 6.04 Å². The van der Waals surface area contributed by atoms with Gasteiger partial charge in [0.15, 0.2) is 6.10 Å². The zero-order valence-electron chi connectivity index (χ0n) is 19.4. The van der Waals surface area contributed by atoms with Crippen LogP contribution in [0.25, 0.3) is 0 Å². The third-order valence-electron chi connectivity index (χ3n) is 8.27. The van der Waals surface area contributed by atoms with Crippen molar-refractivity contribution in [1.82, 2.24) is 4.90 Å². The highest BCUT2D eigenvalue weighted by molar-refractivity contribution is 6.09. The Kier molecular flexibility index (Phi) is 5.20. The Hall–Kier alpha value is -3.54. The van der Waals surface area contributed by atoms with Gasteiger partial charge in [-0.1, -0.05) is 72.8 Å². The number of likely N-dealkylation sites (tertiary alicyclic amines) is 1. The highest BCUT2D eigenvalue weighted by atomic mass is 16.5. The minimum atomic E-state index is -1.11. The maximum absolute atomic E-state index is 13.7. The Labute approximate surface area is 203 Å². The van der Waals surface area contributed by atoms with E-state index < -0.39 is 30.0 Å². The maximum Gasteiger partial charge on any atom is 0.330 e. The Morgan fingerprint density at radius 2 is 1.43 bits per heavy atom. The van der Waals surface area contributed by atoms with Gasteiger partial charge >= 0.3 is 5.97 Å². The third kappa shape index (κ3) is 3.54. The average molecular weight is 470 g/mol. The number of nitrogens with zero attached hydrogens (tertiary/aromatic N) is 1. The van der Waals surface area contributed by atoms with Crippen molar-refractivity contribution in [2.75, 3.05) is 0 Å². The van der Waals surface area contributed by atoms with Crippen LogP contribution >= 0.6 is 0 Å². The molecule has 2 aromatic rings. The quantitative estimate of drug-likeness (QED) is 0.269. The van der Waals surface area contributed by atoms with E-state index in [1.54, 1.807) is 30.3 Å². The van der Waals surface area contributed by atoms with Crippen molar-refractivity contribution in [3.8, 4) is 0 Å². The second-order valence-electron chi connectivity index (χ2n) is 10.2. The number of ether oxygens (including phenoxy) is 1. The molecule has 2 amide bonds. The van der Waals surface area contributed by atoms with Gasteiger partial charge in [0.05, 0.1) is 11.8 Å². The summed E-state index contributed by atoms with van der Waals surface area (Å²) in [5, 5.41) is 0. The van der Waals surface area contributed by atoms with Crippen molar-refractivity contribution in [3.05, 3.63) is 83.9 Å². The van der Waals surface area contributed by atoms with Gasteiger partial charge in [-0.2, -0.15) is 0 Å². The number of benzene rings is 2. The van der Waals surface area contributed by atoms with E-state index in [0.29, 0.717) is 17.4 Å². The Balaban J connectivity index is 1.28. The Morgan fingerprint density at radius 3 is 2.00 bits per heavy atom. The van der Waals surface area contributed by atoms with Gasteiger partial charge in [-0.05, 0) is 42.6 Å². The molecule has 0 N–H and O–H groups in total. The summed E-state index contributed by atoms with van der Waals surface area (Å²) in [4.78, 5) is 54.8. The van der Waals surface area contributed by atoms with Crippen LogP contribution in [0.4, 0.5) is 0 Å². The zero-order chi connectivity index (χ0) is 24.3. The van der Waals surface area contributed by atoms with Crippen molar-refractivity contribution >= 4 is 23.6 Å². The predicted molar refractivity (Wildman–Crippen MR) is 127 cm³/mol. The lowest BCUT2D eigenvalue weighted by Crippen LogP contribution is -2.49. The largest absolute Gasteiger partial charge is 0.453 e. The zero-order valence-corrected chi connectivity index (χ0v) is 19.4. The molecule has 1 aliphatic heterocycles. The summed E-state index contributed by atoms with van der Waals surface area (Å²) >= 11 is 0. The molecule has 2 aromatic carbocycles. The molecule has 2 bridgehead atoms.